The van der Waals surface area contributed by atoms with Crippen LogP contribution >= 0.6 is 11.8 Å². The van der Waals surface area contributed by atoms with Crippen LogP contribution in [0.4, 0.5) is 15.0 Å². The fraction of sp³-hybridized carbons (Fsp3) is 0.731. The van der Waals surface area contributed by atoms with Crippen molar-refractivity contribution in [1.82, 2.24) is 39.8 Å². The normalized spacial score (nSPS) is 27.6. The molecule has 45 heavy (non-hydrogen) atoms. The second-order valence-corrected chi connectivity index (χ2v) is 13.5. The van der Waals surface area contributed by atoms with Gasteiger partial charge >= 0.3 is 16.3 Å². The highest BCUT2D eigenvalue weighted by atomic mass is 32.2. The summed E-state index contributed by atoms with van der Waals surface area (Å²) in [6, 6.07) is 0.00378. The second kappa shape index (κ2) is 15.6. The molecule has 2 aromatic heterocycles. The van der Waals surface area contributed by atoms with Crippen molar-refractivity contribution in [1.29, 1.82) is 0 Å². The summed E-state index contributed by atoms with van der Waals surface area (Å²) < 4.78 is 52.6. The van der Waals surface area contributed by atoms with Crippen molar-refractivity contribution >= 4 is 51.0 Å². The Bertz CT molecular complexity index is 1410. The molecule has 252 valence electrons. The standard InChI is InChI=1S/C20H27FN8O7S2.C6H15N/c21-13-16(31)10(36-19(13)29-8-25-15-17(22)23-7-24-18(15)29)5-35-38(33,34)28-12(30)4-2-1-3-11-14-9(6-37-11)26-20(32)27-14;1-4-7(5-2)6-3/h7-11,13-14,16,19,31H,1-6H2,(H,28,30)(H2,22,23,24)(H2,26,27,32);4-6H2,1-3H3/t9-,10+,11-,13-,14-,16+,19+;/m0./s1. The first-order chi connectivity index (χ1) is 21.5. The van der Waals surface area contributed by atoms with Crippen LogP contribution in [0.2, 0.25) is 0 Å². The summed E-state index contributed by atoms with van der Waals surface area (Å²) in [6.45, 7) is 9.39. The molecule has 0 radical (unpaired) electrons. The quantitative estimate of drug-likeness (QED) is 0.144. The van der Waals surface area contributed by atoms with Crippen molar-refractivity contribution in [3.05, 3.63) is 12.7 Å². The van der Waals surface area contributed by atoms with Crippen LogP contribution < -0.4 is 21.1 Å². The highest BCUT2D eigenvalue weighted by Gasteiger charge is 2.46. The van der Waals surface area contributed by atoms with Crippen molar-refractivity contribution in [2.24, 2.45) is 0 Å². The number of fused-ring (bicyclic) bond motifs is 2. The number of nitrogens with zero attached hydrogens (tertiary/aromatic N) is 5. The number of rotatable bonds is 13. The van der Waals surface area contributed by atoms with E-state index in [0.29, 0.717) is 12.8 Å². The number of thioether (sulfide) groups is 1. The zero-order chi connectivity index (χ0) is 32.7. The Morgan fingerprint density at radius 3 is 2.67 bits per heavy atom. The molecule has 0 bridgehead atoms. The van der Waals surface area contributed by atoms with Gasteiger partial charge in [0.2, 0.25) is 5.91 Å². The topological polar surface area (TPSA) is 216 Å². The Morgan fingerprint density at radius 2 is 1.98 bits per heavy atom. The molecule has 6 N–H and O–H groups in total. The summed E-state index contributed by atoms with van der Waals surface area (Å²) in [5.41, 5.74) is 6.13. The number of imidazole rings is 1. The Hall–Kier alpha value is -2.84. The molecule has 19 heteroatoms. The van der Waals surface area contributed by atoms with E-state index in [2.05, 4.69) is 51.3 Å². The number of halogens is 1. The lowest BCUT2D eigenvalue weighted by atomic mass is 10.0. The van der Waals surface area contributed by atoms with Gasteiger partial charge in [-0.2, -0.15) is 20.2 Å². The number of nitrogens with two attached hydrogens (primary N) is 1. The minimum Gasteiger partial charge on any atom is -0.387 e. The molecule has 3 aliphatic rings. The predicted molar refractivity (Wildman–Crippen MR) is 165 cm³/mol. The Morgan fingerprint density at radius 1 is 1.24 bits per heavy atom. The molecular weight excluding hydrogens is 633 g/mol. The van der Waals surface area contributed by atoms with E-state index in [4.69, 9.17) is 14.7 Å². The monoisotopic (exact) mass is 675 g/mol. The average molecular weight is 676 g/mol. The molecule has 3 aliphatic heterocycles. The number of unbranched alkanes of at least 4 members (excludes halogenated alkanes) is 1. The van der Waals surface area contributed by atoms with Gasteiger partial charge in [0, 0.05) is 17.4 Å². The number of carbonyl (C=O) groups is 2. The number of ether oxygens (including phenoxy) is 1. The van der Waals surface area contributed by atoms with Crippen LogP contribution in [-0.2, 0) is 24.0 Å². The van der Waals surface area contributed by atoms with Crippen molar-refractivity contribution in [3.8, 4) is 0 Å². The van der Waals surface area contributed by atoms with Crippen LogP contribution in [0.25, 0.3) is 11.2 Å². The van der Waals surface area contributed by atoms with E-state index >= 15 is 0 Å². The van der Waals surface area contributed by atoms with Gasteiger partial charge in [-0.15, -0.1) is 0 Å². The molecule has 3 fully saturated rings. The Balaban J connectivity index is 0.000000591. The molecule has 0 aliphatic carbocycles. The SMILES string of the molecule is CCN(CC)CC.Nc1ncnc2c1ncn2[C@@H]1O[C@H](COS(=O)(=O)NC(=O)CCCC[C@@H]2SC[C@@H]3NC(=O)N[C@@H]32)[C@@H](O)[C@@H]1F. The van der Waals surface area contributed by atoms with Gasteiger partial charge in [-0.3, -0.25) is 13.5 Å². The van der Waals surface area contributed by atoms with Gasteiger partial charge < -0.3 is 31.1 Å². The second-order valence-electron chi connectivity index (χ2n) is 10.8. The molecule has 0 unspecified atom stereocenters. The summed E-state index contributed by atoms with van der Waals surface area (Å²) in [6.07, 6.45) is -2.14. The van der Waals surface area contributed by atoms with E-state index < -0.39 is 47.4 Å². The van der Waals surface area contributed by atoms with E-state index in [1.807, 2.05) is 4.72 Å². The van der Waals surface area contributed by atoms with Gasteiger partial charge in [-0.1, -0.05) is 27.2 Å². The number of aliphatic hydroxyl groups excluding tert-OH is 1. The molecular formula is C26H42FN9O7S2. The first-order valence-corrected chi connectivity index (χ1v) is 17.4. The van der Waals surface area contributed by atoms with Crippen molar-refractivity contribution in [2.75, 3.05) is 37.7 Å². The minimum atomic E-state index is -4.52. The lowest BCUT2D eigenvalue weighted by Crippen LogP contribution is -2.37. The number of aliphatic hydroxyl groups is 1. The van der Waals surface area contributed by atoms with Crippen LogP contribution in [0.3, 0.4) is 0 Å². The molecule has 5 rings (SSSR count). The number of alkyl halides is 1. The molecule has 0 spiro atoms. The Labute approximate surface area is 265 Å². The Kier molecular flexibility index (Phi) is 12.2. The average Bonchev–Trinajstić information content (AvgIpc) is 3.76. The molecule has 2 aromatic rings. The number of anilines is 1. The summed E-state index contributed by atoms with van der Waals surface area (Å²) in [5, 5.41) is 16.2. The number of hydrogen-bond acceptors (Lipinski definition) is 13. The fourth-order valence-electron chi connectivity index (χ4n) is 5.44. The smallest absolute Gasteiger partial charge is 0.362 e. The van der Waals surface area contributed by atoms with Gasteiger partial charge in [0.1, 0.15) is 24.1 Å². The van der Waals surface area contributed by atoms with E-state index in [1.165, 1.54) is 36.9 Å². The molecule has 0 aromatic carbocycles. The van der Waals surface area contributed by atoms with Gasteiger partial charge in [0.05, 0.1) is 25.0 Å². The predicted octanol–water partition coefficient (Wildman–Crippen LogP) is 0.456. The lowest BCUT2D eigenvalue weighted by Gasteiger charge is -2.16. The van der Waals surface area contributed by atoms with Gasteiger partial charge in [-0.25, -0.2) is 28.9 Å². The maximum atomic E-state index is 14.8. The largest absolute Gasteiger partial charge is 0.387 e. The van der Waals surface area contributed by atoms with Crippen molar-refractivity contribution < 1.29 is 36.4 Å². The third kappa shape index (κ3) is 8.70. The van der Waals surface area contributed by atoms with Crippen LogP contribution in [0.15, 0.2) is 12.7 Å². The van der Waals surface area contributed by atoms with Crippen LogP contribution in [0.1, 0.15) is 52.7 Å². The van der Waals surface area contributed by atoms with Crippen LogP contribution in [-0.4, -0.2) is 118 Å². The molecule has 7 atom stereocenters. The first-order valence-electron chi connectivity index (χ1n) is 15.0. The summed E-state index contributed by atoms with van der Waals surface area (Å²) >= 11 is 1.75. The van der Waals surface area contributed by atoms with Crippen molar-refractivity contribution in [3.63, 3.8) is 0 Å². The first kappa shape index (κ1) is 35.0. The number of aromatic nitrogens is 4. The third-order valence-corrected chi connectivity index (χ3v) is 10.4. The van der Waals surface area contributed by atoms with Crippen LogP contribution in [0.5, 0.6) is 0 Å². The molecule has 5 heterocycles. The number of nitrogens with one attached hydrogen (secondary N) is 3. The summed E-state index contributed by atoms with van der Waals surface area (Å²) in [4.78, 5) is 37.8. The van der Waals surface area contributed by atoms with Crippen LogP contribution in [0, 0.1) is 0 Å². The molecule has 0 saturated carbocycles. The van der Waals surface area contributed by atoms with Crippen molar-refractivity contribution in [2.45, 2.75) is 88.4 Å². The van der Waals surface area contributed by atoms with Gasteiger partial charge in [0.25, 0.3) is 0 Å². The highest BCUT2D eigenvalue weighted by molar-refractivity contribution is 8.00. The third-order valence-electron chi connectivity index (χ3n) is 8.00. The van der Waals surface area contributed by atoms with E-state index in [-0.39, 0.29) is 46.8 Å². The number of carbonyl (C=O) groups excluding carboxylic acids is 2. The van der Waals surface area contributed by atoms with Gasteiger partial charge in [-0.05, 0) is 32.5 Å². The summed E-state index contributed by atoms with van der Waals surface area (Å²) in [7, 11) is -4.52. The maximum Gasteiger partial charge on any atom is 0.362 e. The minimum absolute atomic E-state index is 0.0471. The summed E-state index contributed by atoms with van der Waals surface area (Å²) in [5.74, 6) is 0.152. The maximum absolute atomic E-state index is 14.8. The van der Waals surface area contributed by atoms with E-state index in [1.54, 1.807) is 11.8 Å². The molecule has 3 saturated heterocycles. The number of nitrogen functional groups attached to an aromatic ring is 1. The number of urea groups is 1. The zero-order valence-electron chi connectivity index (χ0n) is 25.5. The lowest BCUT2D eigenvalue weighted by molar-refractivity contribution is -0.119. The fourth-order valence-corrected chi connectivity index (χ4v) is 7.74. The zero-order valence-corrected chi connectivity index (χ0v) is 27.1. The van der Waals surface area contributed by atoms with Gasteiger partial charge in [0.15, 0.2) is 23.9 Å². The molecule has 3 amide bonds. The molecule has 16 nitrogen and oxygen atoms in total. The number of hydrogen-bond donors (Lipinski definition) is 5. The van der Waals surface area contributed by atoms with E-state index in [9.17, 15) is 27.5 Å². The highest BCUT2D eigenvalue weighted by Crippen LogP contribution is 2.35. The van der Waals surface area contributed by atoms with E-state index in [0.717, 1.165) is 12.2 Å². The number of amides is 3.